The Kier molecular flexibility index (Phi) is 6.96. The maximum Gasteiger partial charge on any atom is 0.233 e. The molecule has 3 heterocycles. The fourth-order valence-corrected chi connectivity index (χ4v) is 3.84. The molecule has 138 valence electrons. The van der Waals surface area contributed by atoms with Crippen molar-refractivity contribution in [1.82, 2.24) is 24.8 Å². The lowest BCUT2D eigenvalue weighted by molar-refractivity contribution is -0.130. The van der Waals surface area contributed by atoms with E-state index in [9.17, 15) is 4.79 Å². The van der Waals surface area contributed by atoms with Crippen molar-refractivity contribution in [3.05, 3.63) is 48.5 Å². The molecule has 3 rings (SSSR count). The molecule has 1 aliphatic heterocycles. The highest BCUT2D eigenvalue weighted by Crippen LogP contribution is 2.18. The molecule has 0 radical (unpaired) electrons. The second-order valence-electron chi connectivity index (χ2n) is 6.51. The number of hydrogen-bond donors (Lipinski definition) is 0. The monoisotopic (exact) mass is 371 g/mol. The highest BCUT2D eigenvalue weighted by Gasteiger charge is 2.26. The second kappa shape index (κ2) is 9.64. The average Bonchev–Trinajstić information content (AvgIpc) is 2.72. The number of carbonyl (C=O) groups is 1. The smallest absolute Gasteiger partial charge is 0.233 e. The zero-order valence-electron chi connectivity index (χ0n) is 15.1. The number of hydrogen-bond acceptors (Lipinski definition) is 6. The van der Waals surface area contributed by atoms with Gasteiger partial charge in [0.05, 0.1) is 5.75 Å². The van der Waals surface area contributed by atoms with E-state index in [0.717, 1.165) is 44.6 Å². The summed E-state index contributed by atoms with van der Waals surface area (Å²) in [6.45, 7) is 2.60. The van der Waals surface area contributed by atoms with Crippen LogP contribution in [0.25, 0.3) is 0 Å². The van der Waals surface area contributed by atoms with Gasteiger partial charge >= 0.3 is 0 Å². The predicted molar refractivity (Wildman–Crippen MR) is 103 cm³/mol. The lowest BCUT2D eigenvalue weighted by Crippen LogP contribution is -2.49. The van der Waals surface area contributed by atoms with Crippen LogP contribution >= 0.6 is 11.8 Å². The van der Waals surface area contributed by atoms with E-state index in [4.69, 9.17) is 0 Å². The van der Waals surface area contributed by atoms with Crippen molar-refractivity contribution >= 4 is 17.7 Å². The Labute approximate surface area is 159 Å². The van der Waals surface area contributed by atoms with Crippen molar-refractivity contribution in [2.24, 2.45) is 0 Å². The number of nitrogens with zero attached hydrogens (tertiary/aromatic N) is 5. The number of carbonyl (C=O) groups excluding carboxylic acids is 1. The SMILES string of the molecule is CN(CCc1ccccn1)[C@@H]1CCCN(C(=O)CSc2ncccn2)C1. The summed E-state index contributed by atoms with van der Waals surface area (Å²) in [6, 6.07) is 8.22. The van der Waals surface area contributed by atoms with Gasteiger partial charge in [0.15, 0.2) is 5.16 Å². The number of piperidine rings is 1. The molecule has 1 atom stereocenters. The van der Waals surface area contributed by atoms with Gasteiger partial charge < -0.3 is 9.80 Å². The third-order valence-electron chi connectivity index (χ3n) is 4.69. The molecular formula is C19H25N5OS. The fourth-order valence-electron chi connectivity index (χ4n) is 3.14. The fraction of sp³-hybridized carbons (Fsp3) is 0.474. The summed E-state index contributed by atoms with van der Waals surface area (Å²) in [7, 11) is 2.15. The molecular weight excluding hydrogens is 346 g/mol. The van der Waals surface area contributed by atoms with Gasteiger partial charge in [-0.2, -0.15) is 0 Å². The van der Waals surface area contributed by atoms with Crippen LogP contribution in [0.2, 0.25) is 0 Å². The van der Waals surface area contributed by atoms with Gasteiger partial charge in [-0.15, -0.1) is 0 Å². The van der Waals surface area contributed by atoms with Gasteiger partial charge in [-0.3, -0.25) is 9.78 Å². The van der Waals surface area contributed by atoms with Gasteiger partial charge in [0.25, 0.3) is 0 Å². The molecule has 1 aliphatic rings. The van der Waals surface area contributed by atoms with Crippen LogP contribution in [-0.2, 0) is 11.2 Å². The number of likely N-dealkylation sites (N-methyl/N-ethyl adjacent to an activating group) is 1. The molecule has 1 saturated heterocycles. The highest BCUT2D eigenvalue weighted by molar-refractivity contribution is 7.99. The van der Waals surface area contributed by atoms with Gasteiger partial charge in [-0.25, -0.2) is 9.97 Å². The number of aromatic nitrogens is 3. The molecule has 7 heteroatoms. The van der Waals surface area contributed by atoms with Gasteiger partial charge in [0.1, 0.15) is 0 Å². The molecule has 0 N–H and O–H groups in total. The number of thioether (sulfide) groups is 1. The molecule has 2 aromatic rings. The molecule has 0 saturated carbocycles. The van der Waals surface area contributed by atoms with Crippen molar-refractivity contribution in [1.29, 1.82) is 0 Å². The summed E-state index contributed by atoms with van der Waals surface area (Å²) in [5, 5.41) is 0.655. The van der Waals surface area contributed by atoms with Gasteiger partial charge in [0, 0.05) is 56.4 Å². The quantitative estimate of drug-likeness (QED) is 0.549. The zero-order valence-corrected chi connectivity index (χ0v) is 15.9. The van der Waals surface area contributed by atoms with Crippen LogP contribution in [0, 0.1) is 0 Å². The van der Waals surface area contributed by atoms with Crippen LogP contribution in [0.1, 0.15) is 18.5 Å². The lowest BCUT2D eigenvalue weighted by atomic mass is 10.0. The normalized spacial score (nSPS) is 17.5. The number of pyridine rings is 1. The van der Waals surface area contributed by atoms with Crippen LogP contribution in [-0.4, -0.2) is 69.1 Å². The minimum Gasteiger partial charge on any atom is -0.340 e. The van der Waals surface area contributed by atoms with E-state index in [0.29, 0.717) is 17.0 Å². The van der Waals surface area contributed by atoms with Gasteiger partial charge in [-0.1, -0.05) is 17.8 Å². The summed E-state index contributed by atoms with van der Waals surface area (Å²) < 4.78 is 0. The molecule has 0 unspecified atom stereocenters. The maximum absolute atomic E-state index is 12.5. The van der Waals surface area contributed by atoms with Gasteiger partial charge in [0.2, 0.25) is 5.91 Å². The second-order valence-corrected chi connectivity index (χ2v) is 7.45. The average molecular weight is 372 g/mol. The number of rotatable bonds is 7. The minimum absolute atomic E-state index is 0.172. The summed E-state index contributed by atoms with van der Waals surface area (Å²) in [4.78, 5) is 29.6. The molecule has 26 heavy (non-hydrogen) atoms. The summed E-state index contributed by atoms with van der Waals surface area (Å²) in [6.07, 6.45) is 8.36. The first kappa shape index (κ1) is 18.8. The molecule has 0 aromatic carbocycles. The molecule has 1 amide bonds. The third kappa shape index (κ3) is 5.51. The maximum atomic E-state index is 12.5. The molecule has 2 aromatic heterocycles. The van der Waals surface area contributed by atoms with Crippen LogP contribution < -0.4 is 0 Å². The minimum atomic E-state index is 0.172. The molecule has 0 aliphatic carbocycles. The van der Waals surface area contributed by atoms with Crippen molar-refractivity contribution in [2.75, 3.05) is 32.4 Å². The Morgan fingerprint density at radius 1 is 1.23 bits per heavy atom. The van der Waals surface area contributed by atoms with Crippen molar-refractivity contribution in [2.45, 2.75) is 30.5 Å². The standard InChI is InChI=1S/C19H25N5OS/c1-23(13-8-16-6-2-3-9-20-16)17-7-4-12-24(14-17)18(25)15-26-19-21-10-5-11-22-19/h2-3,5-6,9-11,17H,4,7-8,12-15H2,1H3/t17-/m1/s1. The molecule has 6 nitrogen and oxygen atoms in total. The first-order chi connectivity index (χ1) is 12.7. The number of amides is 1. The predicted octanol–water partition coefficient (Wildman–Crippen LogP) is 2.13. The molecule has 0 bridgehead atoms. The van der Waals surface area contributed by atoms with E-state index in [2.05, 4.69) is 33.0 Å². The Bertz CT molecular complexity index is 685. The van der Waals surface area contributed by atoms with Crippen LogP contribution in [0.4, 0.5) is 0 Å². The Balaban J connectivity index is 1.46. The van der Waals surface area contributed by atoms with Crippen LogP contribution in [0.3, 0.4) is 0 Å². The lowest BCUT2D eigenvalue weighted by Gasteiger charge is -2.37. The highest BCUT2D eigenvalue weighted by atomic mass is 32.2. The zero-order chi connectivity index (χ0) is 18.2. The third-order valence-corrected chi connectivity index (χ3v) is 5.55. The first-order valence-corrected chi connectivity index (χ1v) is 9.98. The Morgan fingerprint density at radius 3 is 2.81 bits per heavy atom. The molecule has 0 spiro atoms. The van der Waals surface area contributed by atoms with E-state index >= 15 is 0 Å². The van der Waals surface area contributed by atoms with E-state index in [-0.39, 0.29) is 5.91 Å². The van der Waals surface area contributed by atoms with Crippen molar-refractivity contribution < 1.29 is 4.79 Å². The van der Waals surface area contributed by atoms with Crippen molar-refractivity contribution in [3.63, 3.8) is 0 Å². The van der Waals surface area contributed by atoms with Crippen LogP contribution in [0.15, 0.2) is 48.0 Å². The topological polar surface area (TPSA) is 62.2 Å². The summed E-state index contributed by atoms with van der Waals surface area (Å²) in [5.74, 6) is 0.569. The van der Waals surface area contributed by atoms with Crippen molar-refractivity contribution in [3.8, 4) is 0 Å². The number of likely N-dealkylation sites (tertiary alicyclic amines) is 1. The first-order valence-electron chi connectivity index (χ1n) is 9.00. The summed E-state index contributed by atoms with van der Waals surface area (Å²) in [5.41, 5.74) is 1.11. The Hall–Kier alpha value is -1.99. The van der Waals surface area contributed by atoms with Gasteiger partial charge in [-0.05, 0) is 38.1 Å². The van der Waals surface area contributed by atoms with E-state index in [1.54, 1.807) is 18.5 Å². The van der Waals surface area contributed by atoms with E-state index in [1.807, 2.05) is 23.2 Å². The van der Waals surface area contributed by atoms with E-state index in [1.165, 1.54) is 11.8 Å². The van der Waals surface area contributed by atoms with E-state index < -0.39 is 0 Å². The largest absolute Gasteiger partial charge is 0.340 e. The summed E-state index contributed by atoms with van der Waals surface area (Å²) >= 11 is 1.40. The Morgan fingerprint density at radius 2 is 2.04 bits per heavy atom. The van der Waals surface area contributed by atoms with Crippen LogP contribution in [0.5, 0.6) is 0 Å². The molecule has 1 fully saturated rings.